The first-order chi connectivity index (χ1) is 16.2. The van der Waals surface area contributed by atoms with E-state index < -0.39 is 29.3 Å². The second-order valence-electron chi connectivity index (χ2n) is 7.68. The van der Waals surface area contributed by atoms with Crippen molar-refractivity contribution in [1.29, 1.82) is 0 Å². The molecule has 1 amide bonds. The molecule has 0 fully saturated rings. The number of H-pyrrole nitrogens is 1. The van der Waals surface area contributed by atoms with Gasteiger partial charge in [0.1, 0.15) is 11.3 Å². The van der Waals surface area contributed by atoms with Gasteiger partial charge in [0, 0.05) is 22.9 Å². The fraction of sp³-hybridized carbons (Fsp3) is 0.208. The molecule has 1 aromatic heterocycles. The lowest BCUT2D eigenvalue weighted by atomic mass is 10.0. The van der Waals surface area contributed by atoms with Crippen LogP contribution < -0.4 is 5.56 Å². The first-order valence-corrected chi connectivity index (χ1v) is 11.0. The molecule has 0 bridgehead atoms. The molecule has 4 rings (SSSR count). The summed E-state index contributed by atoms with van der Waals surface area (Å²) in [5, 5.41) is 0. The van der Waals surface area contributed by atoms with Gasteiger partial charge in [-0.2, -0.15) is 13.2 Å². The van der Waals surface area contributed by atoms with Gasteiger partial charge in [0.25, 0.3) is 11.5 Å². The minimum absolute atomic E-state index is 0.0744. The number of hydrogen-bond acceptors (Lipinski definition) is 5. The van der Waals surface area contributed by atoms with Gasteiger partial charge in [-0.15, -0.1) is 0 Å². The van der Waals surface area contributed by atoms with Gasteiger partial charge >= 0.3 is 12.1 Å². The van der Waals surface area contributed by atoms with E-state index in [1.165, 1.54) is 12.0 Å². The molecule has 2 heterocycles. The maximum atomic E-state index is 13.4. The van der Waals surface area contributed by atoms with Crippen molar-refractivity contribution in [2.45, 2.75) is 35.5 Å². The summed E-state index contributed by atoms with van der Waals surface area (Å²) in [4.78, 5) is 41.3. The zero-order valence-corrected chi connectivity index (χ0v) is 18.8. The van der Waals surface area contributed by atoms with E-state index in [-0.39, 0.29) is 30.0 Å². The third-order valence-electron chi connectivity index (χ3n) is 5.34. The number of esters is 1. The molecule has 0 spiro atoms. The number of fused-ring (bicyclic) bond motifs is 1. The monoisotopic (exact) mass is 488 g/mol. The van der Waals surface area contributed by atoms with Gasteiger partial charge in [-0.25, -0.2) is 0 Å². The lowest BCUT2D eigenvalue weighted by Crippen LogP contribution is -2.32. The number of methoxy groups -OCH3 is 1. The molecule has 1 aliphatic rings. The number of aromatic amines is 1. The standard InChI is InChI=1S/C24H19F3N2O4S/c1-33-20(30)10-14-7-8-15-12-29(13-16(15)9-14)23(32)21-18(34-17-5-3-2-4-6-17)11-19(24(25,26)27)28-22(21)31/h2-9,11H,10,12-13H2,1H3,(H,28,31). The van der Waals surface area contributed by atoms with Crippen molar-refractivity contribution in [2.24, 2.45) is 0 Å². The normalized spacial score (nSPS) is 13.0. The Balaban J connectivity index is 1.67. The van der Waals surface area contributed by atoms with E-state index in [4.69, 9.17) is 0 Å². The summed E-state index contributed by atoms with van der Waals surface area (Å²) in [5.41, 5.74) is -0.305. The number of carbonyl (C=O) groups excluding carboxylic acids is 2. The highest BCUT2D eigenvalue weighted by molar-refractivity contribution is 7.99. The maximum absolute atomic E-state index is 13.4. The molecule has 0 unspecified atom stereocenters. The number of amides is 1. The molecule has 1 N–H and O–H groups in total. The van der Waals surface area contributed by atoms with Crippen molar-refractivity contribution in [3.8, 4) is 0 Å². The lowest BCUT2D eigenvalue weighted by Gasteiger charge is -2.18. The number of benzene rings is 2. The van der Waals surface area contributed by atoms with Gasteiger partial charge in [0.05, 0.1) is 13.5 Å². The number of pyridine rings is 1. The Morgan fingerprint density at radius 3 is 2.44 bits per heavy atom. The van der Waals surface area contributed by atoms with Gasteiger partial charge in [-0.3, -0.25) is 14.4 Å². The molecule has 6 nitrogen and oxygen atoms in total. The minimum atomic E-state index is -4.77. The van der Waals surface area contributed by atoms with E-state index in [0.29, 0.717) is 10.5 Å². The fourth-order valence-electron chi connectivity index (χ4n) is 3.69. The quantitative estimate of drug-likeness (QED) is 0.538. The molecule has 0 radical (unpaired) electrons. The summed E-state index contributed by atoms with van der Waals surface area (Å²) in [7, 11) is 1.29. The summed E-state index contributed by atoms with van der Waals surface area (Å²) < 4.78 is 44.7. The Hall–Kier alpha value is -3.53. The molecule has 176 valence electrons. The molecule has 10 heteroatoms. The van der Waals surface area contributed by atoms with Crippen molar-refractivity contribution in [2.75, 3.05) is 7.11 Å². The van der Waals surface area contributed by atoms with Crippen LogP contribution in [0.5, 0.6) is 0 Å². The predicted molar refractivity (Wildman–Crippen MR) is 118 cm³/mol. The Labute approximate surface area is 196 Å². The highest BCUT2D eigenvalue weighted by Crippen LogP contribution is 2.35. The number of rotatable bonds is 5. The minimum Gasteiger partial charge on any atom is -0.469 e. The number of ether oxygens (including phenoxy) is 1. The average Bonchev–Trinajstić information content (AvgIpc) is 3.22. The van der Waals surface area contributed by atoms with Crippen LogP contribution in [0.25, 0.3) is 0 Å². The van der Waals surface area contributed by atoms with Gasteiger partial charge in [-0.05, 0) is 34.9 Å². The van der Waals surface area contributed by atoms with Gasteiger partial charge in [0.2, 0.25) is 0 Å². The van der Waals surface area contributed by atoms with Crippen molar-refractivity contribution < 1.29 is 27.5 Å². The largest absolute Gasteiger partial charge is 0.469 e. The van der Waals surface area contributed by atoms with E-state index in [1.54, 1.807) is 48.5 Å². The van der Waals surface area contributed by atoms with E-state index >= 15 is 0 Å². The summed E-state index contributed by atoms with van der Waals surface area (Å²) in [6.45, 7) is 0.363. The van der Waals surface area contributed by atoms with Crippen LogP contribution >= 0.6 is 11.8 Å². The molecule has 0 atom stereocenters. The molecular formula is C24H19F3N2O4S. The Morgan fingerprint density at radius 2 is 1.76 bits per heavy atom. The van der Waals surface area contributed by atoms with Crippen LogP contribution in [-0.2, 0) is 35.2 Å². The van der Waals surface area contributed by atoms with Crippen LogP contribution in [0, 0.1) is 0 Å². The van der Waals surface area contributed by atoms with Gasteiger partial charge < -0.3 is 14.6 Å². The Morgan fingerprint density at radius 1 is 1.06 bits per heavy atom. The van der Waals surface area contributed by atoms with Crippen LogP contribution in [-0.4, -0.2) is 28.9 Å². The fourth-order valence-corrected chi connectivity index (χ4v) is 4.69. The number of aromatic nitrogens is 1. The van der Waals surface area contributed by atoms with E-state index in [0.717, 1.165) is 29.0 Å². The highest BCUT2D eigenvalue weighted by atomic mass is 32.2. The first kappa shape index (κ1) is 23.6. The van der Waals surface area contributed by atoms with Crippen molar-refractivity contribution in [3.63, 3.8) is 0 Å². The molecule has 34 heavy (non-hydrogen) atoms. The highest BCUT2D eigenvalue weighted by Gasteiger charge is 2.35. The van der Waals surface area contributed by atoms with Crippen molar-refractivity contribution in [1.82, 2.24) is 9.88 Å². The molecule has 0 saturated carbocycles. The molecule has 0 saturated heterocycles. The van der Waals surface area contributed by atoms with Crippen LogP contribution in [0.4, 0.5) is 13.2 Å². The molecule has 0 aliphatic carbocycles. The number of nitrogens with zero attached hydrogens (tertiary/aromatic N) is 1. The summed E-state index contributed by atoms with van der Waals surface area (Å²) >= 11 is 0.923. The van der Waals surface area contributed by atoms with Crippen LogP contribution in [0.15, 0.2) is 69.2 Å². The summed E-state index contributed by atoms with van der Waals surface area (Å²) in [6, 6.07) is 14.7. The van der Waals surface area contributed by atoms with Gasteiger partial charge in [-0.1, -0.05) is 48.2 Å². The van der Waals surface area contributed by atoms with Crippen molar-refractivity contribution >= 4 is 23.6 Å². The third-order valence-corrected chi connectivity index (χ3v) is 6.39. The van der Waals surface area contributed by atoms with E-state index in [9.17, 15) is 27.6 Å². The lowest BCUT2D eigenvalue weighted by molar-refractivity contribution is -0.141. The predicted octanol–water partition coefficient (Wildman–Crippen LogP) is 4.42. The smallest absolute Gasteiger partial charge is 0.431 e. The molecule has 3 aromatic rings. The number of alkyl halides is 3. The maximum Gasteiger partial charge on any atom is 0.431 e. The molecule has 2 aromatic carbocycles. The summed E-state index contributed by atoms with van der Waals surface area (Å²) in [6.07, 6.45) is -4.69. The second kappa shape index (κ2) is 9.38. The van der Waals surface area contributed by atoms with E-state index in [1.807, 2.05) is 4.98 Å². The number of carbonyl (C=O) groups is 2. The molecular weight excluding hydrogens is 469 g/mol. The number of halogens is 3. The van der Waals surface area contributed by atoms with Crippen molar-refractivity contribution in [3.05, 3.63) is 92.9 Å². The number of hydrogen-bond donors (Lipinski definition) is 1. The Kier molecular flexibility index (Phi) is 6.52. The number of nitrogens with one attached hydrogen (secondary N) is 1. The van der Waals surface area contributed by atoms with Crippen LogP contribution in [0.2, 0.25) is 0 Å². The molecule has 1 aliphatic heterocycles. The SMILES string of the molecule is COC(=O)Cc1ccc2c(c1)CN(C(=O)c1c(Sc3ccccc3)cc(C(F)(F)F)[nH]c1=O)C2. The zero-order valence-electron chi connectivity index (χ0n) is 17.9. The topological polar surface area (TPSA) is 79.5 Å². The Bertz CT molecular complexity index is 1310. The average molecular weight is 488 g/mol. The van der Waals surface area contributed by atoms with Crippen LogP contribution in [0.3, 0.4) is 0 Å². The second-order valence-corrected chi connectivity index (χ2v) is 8.80. The van der Waals surface area contributed by atoms with Gasteiger partial charge in [0.15, 0.2) is 0 Å². The first-order valence-electron chi connectivity index (χ1n) is 10.2. The van der Waals surface area contributed by atoms with Crippen LogP contribution in [0.1, 0.15) is 32.7 Å². The zero-order chi connectivity index (χ0) is 24.5. The third kappa shape index (κ3) is 5.01. The van der Waals surface area contributed by atoms with E-state index in [2.05, 4.69) is 4.74 Å². The summed E-state index contributed by atoms with van der Waals surface area (Å²) in [5.74, 6) is -1.07.